The number of hydrogen-bond donors (Lipinski definition) is 0. The van der Waals surface area contributed by atoms with E-state index in [9.17, 15) is 8.78 Å². The molecule has 0 fully saturated rings. The number of aliphatic imine (C=N–C) groups is 1. The van der Waals surface area contributed by atoms with Crippen LogP contribution in [0.1, 0.15) is 0 Å². The van der Waals surface area contributed by atoms with Crippen LogP contribution in [0.15, 0.2) is 21.6 Å². The molecule has 12 heavy (non-hydrogen) atoms. The van der Waals surface area contributed by atoms with Crippen molar-refractivity contribution in [2.24, 2.45) is 4.99 Å². The molecule has 1 aromatic rings. The zero-order valence-corrected chi connectivity index (χ0v) is 8.05. The van der Waals surface area contributed by atoms with Crippen molar-refractivity contribution in [1.29, 1.82) is 0 Å². The van der Waals surface area contributed by atoms with Crippen molar-refractivity contribution in [3.05, 3.63) is 28.2 Å². The Hall–Kier alpha value is -0.640. The summed E-state index contributed by atoms with van der Waals surface area (Å²) in [6.07, 6.45) is 0. The maximum atomic E-state index is 12.8. The molecule has 0 spiro atoms. The molecule has 0 heterocycles. The van der Waals surface area contributed by atoms with Gasteiger partial charge in [0.15, 0.2) is 5.82 Å². The van der Waals surface area contributed by atoms with Crippen LogP contribution in [-0.2, 0) is 0 Å². The average Bonchev–Trinajstić information content (AvgIpc) is 2.01. The highest BCUT2D eigenvalue weighted by atomic mass is 79.9. The number of isothiocyanates is 1. The molecule has 0 aromatic heterocycles. The van der Waals surface area contributed by atoms with Crippen molar-refractivity contribution in [1.82, 2.24) is 0 Å². The van der Waals surface area contributed by atoms with Crippen molar-refractivity contribution in [3.8, 4) is 0 Å². The maximum absolute atomic E-state index is 12.8. The molecule has 1 aromatic carbocycles. The van der Waals surface area contributed by atoms with E-state index in [1.807, 2.05) is 5.16 Å². The fraction of sp³-hybridized carbons (Fsp3) is 0. The highest BCUT2D eigenvalue weighted by Gasteiger charge is 2.06. The van der Waals surface area contributed by atoms with Crippen LogP contribution in [-0.4, -0.2) is 5.16 Å². The Bertz CT molecular complexity index is 361. The van der Waals surface area contributed by atoms with Gasteiger partial charge >= 0.3 is 0 Å². The lowest BCUT2D eigenvalue weighted by atomic mass is 10.3. The average molecular weight is 250 g/mol. The lowest BCUT2D eigenvalue weighted by Crippen LogP contribution is -1.81. The lowest BCUT2D eigenvalue weighted by Gasteiger charge is -1.96. The summed E-state index contributed by atoms with van der Waals surface area (Å²) in [7, 11) is 0. The Morgan fingerprint density at radius 1 is 1.33 bits per heavy atom. The van der Waals surface area contributed by atoms with Gasteiger partial charge < -0.3 is 0 Å². The van der Waals surface area contributed by atoms with Gasteiger partial charge in [0.05, 0.1) is 9.63 Å². The molecule has 1 nitrogen and oxygen atoms in total. The van der Waals surface area contributed by atoms with Crippen LogP contribution in [0.5, 0.6) is 0 Å². The molecule has 1 rings (SSSR count). The van der Waals surface area contributed by atoms with Gasteiger partial charge in [0.1, 0.15) is 11.5 Å². The predicted octanol–water partition coefficient (Wildman–Crippen LogP) is 3.46. The third kappa shape index (κ3) is 1.94. The number of nitrogens with zero attached hydrogens (tertiary/aromatic N) is 1. The molecule has 5 heteroatoms. The van der Waals surface area contributed by atoms with Crippen molar-refractivity contribution >= 4 is 39.0 Å². The van der Waals surface area contributed by atoms with E-state index in [1.54, 1.807) is 0 Å². The molecular formula is C7H2BrF2NS. The number of halogens is 3. The fourth-order valence-electron chi connectivity index (χ4n) is 0.647. The van der Waals surface area contributed by atoms with Crippen LogP contribution in [0.25, 0.3) is 0 Å². The summed E-state index contributed by atoms with van der Waals surface area (Å²) in [6.45, 7) is 0. The monoisotopic (exact) mass is 249 g/mol. The molecule has 0 saturated heterocycles. The number of benzene rings is 1. The largest absolute Gasteiger partial charge is 0.206 e. The Morgan fingerprint density at radius 2 is 2.00 bits per heavy atom. The SMILES string of the molecule is Fc1cc(F)c(N=C=S)cc1Br. The third-order valence-corrected chi connectivity index (χ3v) is 1.85. The van der Waals surface area contributed by atoms with E-state index in [2.05, 4.69) is 33.1 Å². The zero-order chi connectivity index (χ0) is 9.14. The molecule has 0 aliphatic carbocycles. The highest BCUT2D eigenvalue weighted by molar-refractivity contribution is 9.10. The quantitative estimate of drug-likeness (QED) is 0.422. The Kier molecular flexibility index (Phi) is 3.03. The van der Waals surface area contributed by atoms with Gasteiger partial charge in [-0.05, 0) is 34.2 Å². The smallest absolute Gasteiger partial charge is 0.152 e. The molecule has 62 valence electrons. The fourth-order valence-corrected chi connectivity index (χ4v) is 1.08. The molecule has 0 N–H and O–H groups in total. The van der Waals surface area contributed by atoms with Gasteiger partial charge in [-0.25, -0.2) is 8.78 Å². The second kappa shape index (κ2) is 3.85. The summed E-state index contributed by atoms with van der Waals surface area (Å²) in [5.74, 6) is -1.43. The van der Waals surface area contributed by atoms with Gasteiger partial charge in [0.25, 0.3) is 0 Å². The van der Waals surface area contributed by atoms with E-state index >= 15 is 0 Å². The second-order valence-electron chi connectivity index (χ2n) is 1.92. The summed E-state index contributed by atoms with van der Waals surface area (Å²) < 4.78 is 25.5. The lowest BCUT2D eigenvalue weighted by molar-refractivity contribution is 0.580. The van der Waals surface area contributed by atoms with Crippen LogP contribution < -0.4 is 0 Å². The van der Waals surface area contributed by atoms with Gasteiger partial charge in [-0.3, -0.25) is 0 Å². The molecular weight excluding hydrogens is 248 g/mol. The Morgan fingerprint density at radius 3 is 2.58 bits per heavy atom. The normalized spacial score (nSPS) is 9.25. The summed E-state index contributed by atoms with van der Waals surface area (Å²) in [5, 5.41) is 2.00. The minimum Gasteiger partial charge on any atom is -0.206 e. The minimum absolute atomic E-state index is 0.0294. The first-order chi connectivity index (χ1) is 5.65. The Labute approximate surface area is 81.2 Å². The Balaban J connectivity index is 3.32. The molecule has 0 unspecified atom stereocenters. The summed E-state index contributed by atoms with van der Waals surface area (Å²) in [6, 6.07) is 1.93. The van der Waals surface area contributed by atoms with E-state index in [4.69, 9.17) is 0 Å². The topological polar surface area (TPSA) is 12.4 Å². The summed E-state index contributed by atoms with van der Waals surface area (Å²) in [5.41, 5.74) is -0.0294. The van der Waals surface area contributed by atoms with Crippen LogP contribution in [0.4, 0.5) is 14.5 Å². The maximum Gasteiger partial charge on any atom is 0.152 e. The van der Waals surface area contributed by atoms with Crippen LogP contribution in [0, 0.1) is 11.6 Å². The van der Waals surface area contributed by atoms with Gasteiger partial charge in [0.2, 0.25) is 0 Å². The van der Waals surface area contributed by atoms with E-state index in [1.165, 1.54) is 6.07 Å². The second-order valence-corrected chi connectivity index (χ2v) is 2.96. The zero-order valence-electron chi connectivity index (χ0n) is 5.64. The first-order valence-corrected chi connectivity index (χ1v) is 4.07. The van der Waals surface area contributed by atoms with Crippen molar-refractivity contribution in [2.45, 2.75) is 0 Å². The molecule has 0 amide bonds. The van der Waals surface area contributed by atoms with E-state index in [-0.39, 0.29) is 10.2 Å². The van der Waals surface area contributed by atoms with Crippen LogP contribution in [0.3, 0.4) is 0 Å². The van der Waals surface area contributed by atoms with E-state index in [0.29, 0.717) is 0 Å². The van der Waals surface area contributed by atoms with Crippen molar-refractivity contribution in [2.75, 3.05) is 0 Å². The molecule has 0 saturated carbocycles. The predicted molar refractivity (Wildman–Crippen MR) is 48.7 cm³/mol. The van der Waals surface area contributed by atoms with Gasteiger partial charge in [-0.1, -0.05) is 0 Å². The van der Waals surface area contributed by atoms with Gasteiger partial charge in [-0.15, -0.1) is 0 Å². The van der Waals surface area contributed by atoms with Crippen molar-refractivity contribution < 1.29 is 8.78 Å². The molecule has 0 atom stereocenters. The molecule has 0 radical (unpaired) electrons. The molecule has 0 aliphatic heterocycles. The van der Waals surface area contributed by atoms with Crippen LogP contribution >= 0.6 is 28.1 Å². The van der Waals surface area contributed by atoms with Crippen LogP contribution in [0.2, 0.25) is 0 Å². The van der Waals surface area contributed by atoms with Gasteiger partial charge in [0, 0.05) is 6.07 Å². The highest BCUT2D eigenvalue weighted by Crippen LogP contribution is 2.25. The number of thiocarbonyl (C=S) groups is 1. The first-order valence-electron chi connectivity index (χ1n) is 2.87. The number of hydrogen-bond acceptors (Lipinski definition) is 2. The molecule has 0 aliphatic rings. The van der Waals surface area contributed by atoms with E-state index < -0.39 is 11.6 Å². The number of rotatable bonds is 1. The van der Waals surface area contributed by atoms with E-state index in [0.717, 1.165) is 6.07 Å². The summed E-state index contributed by atoms with van der Waals surface area (Å²) in [4.78, 5) is 3.40. The molecule has 0 bridgehead atoms. The van der Waals surface area contributed by atoms with Crippen molar-refractivity contribution in [3.63, 3.8) is 0 Å². The summed E-state index contributed by atoms with van der Waals surface area (Å²) >= 11 is 7.16. The van der Waals surface area contributed by atoms with Gasteiger partial charge in [-0.2, -0.15) is 4.99 Å². The standard InChI is InChI=1S/C7H2BrF2NS/c8-4-1-7(11-3-12)6(10)2-5(4)9/h1-2H. The first kappa shape index (κ1) is 9.45. The minimum atomic E-state index is -0.756. The third-order valence-electron chi connectivity index (χ3n) is 1.16.